The smallest absolute Gasteiger partial charge is 0.278 e. The van der Waals surface area contributed by atoms with E-state index in [0.29, 0.717) is 13.0 Å². The molecule has 0 aliphatic carbocycles. The van der Waals surface area contributed by atoms with Crippen molar-refractivity contribution in [2.75, 3.05) is 76.6 Å². The maximum atomic E-state index is 13.2. The number of hydrogen-bond donors (Lipinski definition) is 5. The highest BCUT2D eigenvalue weighted by atomic mass is 32.2. The topological polar surface area (TPSA) is 525 Å². The number of anilines is 3. The lowest BCUT2D eigenvalue weighted by atomic mass is 9.81. The van der Waals surface area contributed by atoms with E-state index in [2.05, 4.69) is 157 Å². The SMILES string of the molecule is CC1(C)C(=CC=CC=CC2=[N+](CCCCCC(=O)NCCNC(=O)c3cccc(OCC(N=[N+]=[N-])OCCOCC(=O)NCC#Cc4cn(C5CC(OCN=[N+]=[N-])C(COP(=O)([O-])OP(=O)([O-])OP(=O)([O-])[O-])O5)c5ncnc(N)c45)c3)c3ccc(S(N)(=O)=O)cc3C2(C)C)N(c2ccccc2)c2ccccc21. The van der Waals surface area contributed by atoms with E-state index in [4.69, 9.17) is 40.1 Å². The van der Waals surface area contributed by atoms with Gasteiger partial charge in [-0.05, 0) is 97.9 Å². The fraction of sp³-hybridized carbons (Fsp3) is 0.373. The van der Waals surface area contributed by atoms with Crippen molar-refractivity contribution in [3.63, 3.8) is 0 Å². The molecular formula is C67H76N16O20P3S-3. The number of hydrogen-bond acceptors (Lipinski definition) is 26. The number of carbonyl (C=O) groups is 3. The van der Waals surface area contributed by atoms with Gasteiger partial charge in [-0.25, -0.2) is 27.8 Å². The van der Waals surface area contributed by atoms with Gasteiger partial charge in [-0.2, -0.15) is 4.58 Å². The van der Waals surface area contributed by atoms with E-state index < -0.39 is 95.3 Å². The Labute approximate surface area is 614 Å². The fourth-order valence-corrected chi connectivity index (χ4v) is 15.5. The van der Waals surface area contributed by atoms with Gasteiger partial charge in [0.15, 0.2) is 11.9 Å². The first-order chi connectivity index (χ1) is 50.9. The molecule has 36 nitrogen and oxygen atoms in total. The van der Waals surface area contributed by atoms with Crippen LogP contribution in [0.2, 0.25) is 0 Å². The minimum Gasteiger partial charge on any atom is -0.790 e. The summed E-state index contributed by atoms with van der Waals surface area (Å²) in [7, 11) is -22.4. The van der Waals surface area contributed by atoms with Crippen molar-refractivity contribution in [3.8, 4) is 17.6 Å². The van der Waals surface area contributed by atoms with E-state index >= 15 is 0 Å². The molecule has 568 valence electrons. The number of allylic oxidation sites excluding steroid dienone is 6. The molecule has 5 heterocycles. The number of nitrogens with one attached hydrogen (secondary N) is 3. The Hall–Kier alpha value is -9.46. The van der Waals surface area contributed by atoms with Crippen LogP contribution in [-0.4, -0.2) is 135 Å². The molecule has 107 heavy (non-hydrogen) atoms. The monoisotopic (exact) mass is 1550 g/mol. The van der Waals surface area contributed by atoms with Crippen molar-refractivity contribution < 1.29 is 97.5 Å². The number of nitrogen functional groups attached to an aromatic ring is 1. The highest BCUT2D eigenvalue weighted by molar-refractivity contribution is 7.89. The average molecular weight is 1550 g/mol. The molecule has 7 N–H and O–H groups in total. The van der Waals surface area contributed by atoms with Crippen LogP contribution in [-0.2, 0) is 76.2 Å². The van der Waals surface area contributed by atoms with Crippen molar-refractivity contribution in [3.05, 3.63) is 189 Å². The third-order valence-corrected chi connectivity index (χ3v) is 21.6. The van der Waals surface area contributed by atoms with Gasteiger partial charge in [0.2, 0.25) is 27.5 Å². The Morgan fingerprint density at radius 2 is 1.63 bits per heavy atom. The Morgan fingerprint density at radius 3 is 2.38 bits per heavy atom. The number of nitrogens with zero attached hydrogens (tertiary/aromatic N) is 11. The molecule has 3 aliphatic rings. The Morgan fingerprint density at radius 1 is 0.860 bits per heavy atom. The second-order valence-corrected chi connectivity index (χ2v) is 30.9. The lowest BCUT2D eigenvalue weighted by Crippen LogP contribution is -2.34. The molecule has 0 spiro atoms. The lowest BCUT2D eigenvalue weighted by molar-refractivity contribution is -0.438. The van der Waals surface area contributed by atoms with Crippen LogP contribution in [0.15, 0.2) is 161 Å². The summed E-state index contributed by atoms with van der Waals surface area (Å²) in [6, 6.07) is 29.9. The molecule has 6 unspecified atom stereocenters. The van der Waals surface area contributed by atoms with Gasteiger partial charge in [-0.3, -0.25) is 27.8 Å². The number of phosphoric ester groups is 1. The number of carbonyl (C=O) groups excluding carboxylic acids is 3. The second-order valence-electron chi connectivity index (χ2n) is 25.0. The van der Waals surface area contributed by atoms with E-state index in [0.717, 1.165) is 53.2 Å². The summed E-state index contributed by atoms with van der Waals surface area (Å²) in [6.07, 6.45) is 10.3. The minimum atomic E-state index is -6.27. The summed E-state index contributed by atoms with van der Waals surface area (Å²) < 4.78 is 103. The number of sulfonamides is 1. The summed E-state index contributed by atoms with van der Waals surface area (Å²) in [5.74, 6) is 4.67. The number of para-hydroxylation sites is 2. The molecule has 6 aromatic rings. The number of ether oxygens (including phenoxy) is 5. The van der Waals surface area contributed by atoms with Gasteiger partial charge in [0.1, 0.15) is 62.4 Å². The van der Waals surface area contributed by atoms with Gasteiger partial charge in [0.05, 0.1) is 61.6 Å². The first-order valence-corrected chi connectivity index (χ1v) is 39.0. The fourth-order valence-electron chi connectivity index (χ4n) is 12.1. The first kappa shape index (κ1) is 81.6. The molecule has 1 saturated heterocycles. The Balaban J connectivity index is 0.681. The number of primary sulfonamides is 1. The number of amides is 3. The average Bonchev–Trinajstić information content (AvgIpc) is 1.60. The van der Waals surface area contributed by atoms with Crippen LogP contribution in [0.1, 0.15) is 93.1 Å². The number of benzene rings is 4. The summed E-state index contributed by atoms with van der Waals surface area (Å²) in [5, 5.41) is 20.9. The molecule has 40 heteroatoms. The van der Waals surface area contributed by atoms with Gasteiger partial charge >= 0.3 is 0 Å². The lowest BCUT2D eigenvalue weighted by Gasteiger charge is -2.37. The third kappa shape index (κ3) is 22.1. The van der Waals surface area contributed by atoms with E-state index in [1.807, 2.05) is 36.4 Å². The molecule has 6 atom stereocenters. The van der Waals surface area contributed by atoms with Gasteiger partial charge in [-0.1, -0.05) is 96.6 Å². The highest BCUT2D eigenvalue weighted by Crippen LogP contribution is 2.61. The first-order valence-electron chi connectivity index (χ1n) is 33.1. The van der Waals surface area contributed by atoms with E-state index in [9.17, 15) is 61.6 Å². The molecule has 3 aliphatic heterocycles. The molecule has 0 radical (unpaired) electrons. The molecule has 9 rings (SSSR count). The van der Waals surface area contributed by atoms with Crippen LogP contribution in [0.5, 0.6) is 5.75 Å². The van der Waals surface area contributed by atoms with Crippen molar-refractivity contribution in [1.82, 2.24) is 30.5 Å². The van der Waals surface area contributed by atoms with Crippen LogP contribution >= 0.6 is 23.5 Å². The number of fused-ring (bicyclic) bond motifs is 3. The normalized spacial score (nSPS) is 18.4. The van der Waals surface area contributed by atoms with Gasteiger partial charge < -0.3 is 83.5 Å². The van der Waals surface area contributed by atoms with Crippen molar-refractivity contribution in [2.24, 2.45) is 15.4 Å². The van der Waals surface area contributed by atoms with Crippen LogP contribution in [0.4, 0.5) is 22.9 Å². The number of azide groups is 2. The summed E-state index contributed by atoms with van der Waals surface area (Å²) in [4.78, 5) is 100. The zero-order chi connectivity index (χ0) is 77.2. The molecule has 0 bridgehead atoms. The van der Waals surface area contributed by atoms with Gasteiger partial charge in [0.25, 0.3) is 21.6 Å². The highest BCUT2D eigenvalue weighted by Gasteiger charge is 2.45. The van der Waals surface area contributed by atoms with Crippen molar-refractivity contribution in [2.45, 2.75) is 100 Å². The summed E-state index contributed by atoms with van der Waals surface area (Å²) in [6.45, 7) is 6.72. The predicted octanol–water partition coefficient (Wildman–Crippen LogP) is 6.24. The van der Waals surface area contributed by atoms with Crippen molar-refractivity contribution >= 4 is 90.8 Å². The molecule has 4 aromatic carbocycles. The second kappa shape index (κ2) is 36.4. The number of nitrogens with two attached hydrogens (primary N) is 2. The van der Waals surface area contributed by atoms with Gasteiger partial charge in [0, 0.05) is 94.1 Å². The van der Waals surface area contributed by atoms with Crippen molar-refractivity contribution in [1.29, 1.82) is 0 Å². The van der Waals surface area contributed by atoms with Gasteiger partial charge in [-0.15, -0.1) is 0 Å². The number of rotatable bonds is 37. The van der Waals surface area contributed by atoms with E-state index in [-0.39, 0.29) is 102 Å². The largest absolute Gasteiger partial charge is 0.790 e. The summed E-state index contributed by atoms with van der Waals surface area (Å²) >= 11 is 0. The Bertz CT molecular complexity index is 4840. The minimum absolute atomic E-state index is 0.0201. The maximum absolute atomic E-state index is 13.2. The molecule has 3 amide bonds. The molecule has 2 aromatic heterocycles. The third-order valence-electron chi connectivity index (χ3n) is 17.0. The van der Waals surface area contributed by atoms with E-state index in [1.165, 1.54) is 28.5 Å². The number of unbranched alkanes of at least 4 members (excludes halogenated alkanes) is 2. The quantitative estimate of drug-likeness (QED) is 0.00421. The van der Waals surface area contributed by atoms with Crippen LogP contribution < -0.4 is 56.0 Å². The molecule has 0 saturated carbocycles. The zero-order valence-electron chi connectivity index (χ0n) is 58.2. The maximum Gasteiger partial charge on any atom is 0.278 e. The Kier molecular flexibility index (Phi) is 27.8. The number of phosphoric acid groups is 3. The molecular weight excluding hydrogens is 1470 g/mol. The molecule has 1 fully saturated rings. The number of aromatic nitrogens is 3. The van der Waals surface area contributed by atoms with Crippen LogP contribution in [0.25, 0.3) is 31.9 Å². The van der Waals surface area contributed by atoms with E-state index in [1.54, 1.807) is 30.3 Å². The van der Waals surface area contributed by atoms with Crippen LogP contribution in [0, 0.1) is 11.8 Å². The standard InChI is InChI=1S/C67H79N16O20P3S/c1-66(2)50-23-13-14-24-53(50)83(47-20-8-5-9-21-47)57(66)26-11-6-10-25-56-67(3,4)51-37-49(107(71,94)95)28-29-52(51)81(56)33-15-7-12-27-58(84)73-31-32-74-65(86)45-18-16-22-48(36-45)98-42-60(78-80-70)97-35-34-96-41-59(85)72-30-17-19-46-39-82(64-62(46)63(68)75-43-76-64)61-38-54(99-44-77-79-69)55(101-61)40-100-105(90,91)103-106(92,93)102-104(87,88)89/h5-6,8-11,13-14,16,18,20-26,28-29,36-37,39,43,54-55,60-61H,7,12,15,27,30-35,38,40-42,44H2,1-4H3,(H10-,68,71,72,73,74,75,76,84,85,86,87,88,89,90,91,92,93,94,95)/p-3. The predicted molar refractivity (Wildman–Crippen MR) is 381 cm³/mol. The van der Waals surface area contributed by atoms with Crippen LogP contribution in [0.3, 0.4) is 0 Å². The summed E-state index contributed by atoms with van der Waals surface area (Å²) in [5.41, 5.74) is 31.2. The zero-order valence-corrected chi connectivity index (χ0v) is 61.7.